The van der Waals surface area contributed by atoms with Crippen LogP contribution in [0.1, 0.15) is 57.6 Å². The highest BCUT2D eigenvalue weighted by atomic mass is 16.5. The molecule has 182 valence electrons. The lowest BCUT2D eigenvalue weighted by Gasteiger charge is -2.30. The standard InChI is InChI=1S/C27H34N2O5/c1-5-18(14-24(30)29(15-25(31)32)17-27(2,3)4)28-26(33)34-16-23-21-12-8-6-10-19(21)20-11-7-9-13-22(20)23/h6-13,18,23H,5,14-17H2,1-4H3,(H,28,33)(H,31,32). The molecule has 1 unspecified atom stereocenters. The van der Waals surface area contributed by atoms with Crippen LogP contribution in [0, 0.1) is 5.41 Å². The van der Waals surface area contributed by atoms with Crippen LogP contribution in [0.4, 0.5) is 4.79 Å². The Morgan fingerprint density at radius 3 is 2.09 bits per heavy atom. The van der Waals surface area contributed by atoms with Crippen molar-refractivity contribution >= 4 is 18.0 Å². The first kappa shape index (κ1) is 25.3. The van der Waals surface area contributed by atoms with Crippen LogP contribution in [-0.2, 0) is 14.3 Å². The number of rotatable bonds is 9. The van der Waals surface area contributed by atoms with Gasteiger partial charge in [0.2, 0.25) is 5.91 Å². The van der Waals surface area contributed by atoms with E-state index in [1.54, 1.807) is 0 Å². The Hall–Kier alpha value is -3.35. The Balaban J connectivity index is 1.60. The van der Waals surface area contributed by atoms with Crippen LogP contribution in [0.5, 0.6) is 0 Å². The number of carbonyl (C=O) groups excluding carboxylic acids is 2. The summed E-state index contributed by atoms with van der Waals surface area (Å²) in [5.74, 6) is -1.41. The fraction of sp³-hybridized carbons (Fsp3) is 0.444. The van der Waals surface area contributed by atoms with Gasteiger partial charge in [-0.25, -0.2) is 4.79 Å². The largest absolute Gasteiger partial charge is 0.480 e. The number of hydrogen-bond acceptors (Lipinski definition) is 4. The summed E-state index contributed by atoms with van der Waals surface area (Å²) in [7, 11) is 0. The van der Waals surface area contributed by atoms with Gasteiger partial charge in [0.25, 0.3) is 0 Å². The summed E-state index contributed by atoms with van der Waals surface area (Å²) in [6, 6.07) is 15.8. The molecule has 2 aromatic rings. The second kappa shape index (κ2) is 10.7. The number of carboxylic acid groups (broad SMARTS) is 1. The Morgan fingerprint density at radius 1 is 1.03 bits per heavy atom. The van der Waals surface area contributed by atoms with Crippen molar-refractivity contribution in [3.8, 4) is 11.1 Å². The number of nitrogens with zero attached hydrogens (tertiary/aromatic N) is 1. The van der Waals surface area contributed by atoms with Crippen LogP contribution in [-0.4, -0.2) is 53.7 Å². The van der Waals surface area contributed by atoms with E-state index in [1.807, 2.05) is 52.0 Å². The summed E-state index contributed by atoms with van der Waals surface area (Å²) in [5.41, 5.74) is 4.32. The zero-order chi connectivity index (χ0) is 24.9. The second-order valence-electron chi connectivity index (χ2n) is 9.98. The van der Waals surface area contributed by atoms with Gasteiger partial charge in [0, 0.05) is 24.9 Å². The molecule has 0 bridgehead atoms. The summed E-state index contributed by atoms with van der Waals surface area (Å²) < 4.78 is 5.59. The molecule has 0 heterocycles. The molecular formula is C27H34N2O5. The average molecular weight is 467 g/mol. The van der Waals surface area contributed by atoms with Crippen LogP contribution in [0.3, 0.4) is 0 Å². The van der Waals surface area contributed by atoms with Crippen molar-refractivity contribution in [2.24, 2.45) is 5.41 Å². The van der Waals surface area contributed by atoms with Crippen molar-refractivity contribution in [2.75, 3.05) is 19.7 Å². The van der Waals surface area contributed by atoms with Crippen molar-refractivity contribution in [2.45, 2.75) is 52.5 Å². The fourth-order valence-electron chi connectivity index (χ4n) is 4.41. The summed E-state index contributed by atoms with van der Waals surface area (Å²) in [6.45, 7) is 7.85. The topological polar surface area (TPSA) is 95.9 Å². The Labute approximate surface area is 201 Å². The first-order valence-corrected chi connectivity index (χ1v) is 11.7. The SMILES string of the molecule is CCC(CC(=O)N(CC(=O)O)CC(C)(C)C)NC(=O)OCC1c2ccccc2-c2ccccc21. The summed E-state index contributed by atoms with van der Waals surface area (Å²) in [4.78, 5) is 38.0. The van der Waals surface area contributed by atoms with Crippen molar-refractivity contribution in [1.82, 2.24) is 10.2 Å². The molecule has 2 aromatic carbocycles. The van der Waals surface area contributed by atoms with E-state index in [4.69, 9.17) is 4.74 Å². The molecule has 0 saturated heterocycles. The fourth-order valence-corrected chi connectivity index (χ4v) is 4.41. The van der Waals surface area contributed by atoms with Crippen molar-refractivity contribution in [3.63, 3.8) is 0 Å². The van der Waals surface area contributed by atoms with Gasteiger partial charge >= 0.3 is 12.1 Å². The highest BCUT2D eigenvalue weighted by Gasteiger charge is 2.30. The first-order chi connectivity index (χ1) is 16.1. The molecule has 34 heavy (non-hydrogen) atoms. The minimum Gasteiger partial charge on any atom is -0.480 e. The zero-order valence-electron chi connectivity index (χ0n) is 20.3. The lowest BCUT2D eigenvalue weighted by molar-refractivity contribution is -0.145. The van der Waals surface area contributed by atoms with Crippen molar-refractivity contribution in [1.29, 1.82) is 0 Å². The predicted molar refractivity (Wildman–Crippen MR) is 131 cm³/mol. The highest BCUT2D eigenvalue weighted by Crippen LogP contribution is 2.44. The molecule has 7 heteroatoms. The molecule has 0 aliphatic heterocycles. The van der Waals surface area contributed by atoms with Gasteiger partial charge in [0.05, 0.1) is 0 Å². The summed E-state index contributed by atoms with van der Waals surface area (Å²) in [5, 5.41) is 12.0. The molecule has 2 N–H and O–H groups in total. The lowest BCUT2D eigenvalue weighted by atomic mass is 9.95. The van der Waals surface area contributed by atoms with Crippen LogP contribution in [0.15, 0.2) is 48.5 Å². The quantitative estimate of drug-likeness (QED) is 0.561. The molecule has 0 radical (unpaired) electrons. The summed E-state index contributed by atoms with van der Waals surface area (Å²) >= 11 is 0. The van der Waals surface area contributed by atoms with E-state index >= 15 is 0 Å². The van der Waals surface area contributed by atoms with E-state index in [0.29, 0.717) is 13.0 Å². The van der Waals surface area contributed by atoms with Gasteiger partial charge in [0.15, 0.2) is 0 Å². The molecule has 0 fully saturated rings. The first-order valence-electron chi connectivity index (χ1n) is 11.7. The predicted octanol–water partition coefficient (Wildman–Crippen LogP) is 4.65. The van der Waals surface area contributed by atoms with Crippen molar-refractivity contribution < 1.29 is 24.2 Å². The number of amides is 2. The van der Waals surface area contributed by atoms with Crippen LogP contribution in [0.25, 0.3) is 11.1 Å². The maximum atomic E-state index is 12.8. The van der Waals surface area contributed by atoms with Gasteiger partial charge in [-0.1, -0.05) is 76.2 Å². The third kappa shape index (κ3) is 6.37. The molecule has 7 nitrogen and oxygen atoms in total. The van der Waals surface area contributed by atoms with E-state index in [9.17, 15) is 19.5 Å². The zero-order valence-corrected chi connectivity index (χ0v) is 20.3. The van der Waals surface area contributed by atoms with E-state index in [1.165, 1.54) is 4.90 Å². The Kier molecular flexibility index (Phi) is 7.97. The maximum Gasteiger partial charge on any atom is 0.407 e. The van der Waals surface area contributed by atoms with Gasteiger partial charge in [-0.2, -0.15) is 0 Å². The monoisotopic (exact) mass is 466 g/mol. The minimum atomic E-state index is -1.06. The van der Waals surface area contributed by atoms with Gasteiger partial charge in [-0.15, -0.1) is 0 Å². The third-order valence-electron chi connectivity index (χ3n) is 5.92. The van der Waals surface area contributed by atoms with Crippen LogP contribution < -0.4 is 5.32 Å². The van der Waals surface area contributed by atoms with E-state index in [2.05, 4.69) is 29.6 Å². The molecule has 1 aliphatic rings. The number of alkyl carbamates (subject to hydrolysis) is 1. The van der Waals surface area contributed by atoms with Gasteiger partial charge in [-0.3, -0.25) is 9.59 Å². The van der Waals surface area contributed by atoms with E-state index < -0.39 is 18.1 Å². The normalized spacial score (nSPS) is 13.5. The van der Waals surface area contributed by atoms with Crippen LogP contribution in [0.2, 0.25) is 0 Å². The number of nitrogens with one attached hydrogen (secondary N) is 1. The Morgan fingerprint density at radius 2 is 1.59 bits per heavy atom. The molecule has 1 atom stereocenters. The summed E-state index contributed by atoms with van der Waals surface area (Å²) in [6.07, 6.45) is -0.0433. The highest BCUT2D eigenvalue weighted by molar-refractivity contribution is 5.82. The number of aliphatic carboxylic acids is 1. The molecule has 0 spiro atoms. The molecule has 2 amide bonds. The molecule has 3 rings (SSSR count). The lowest BCUT2D eigenvalue weighted by Crippen LogP contribution is -2.45. The molecule has 0 saturated carbocycles. The smallest absolute Gasteiger partial charge is 0.407 e. The number of ether oxygens (including phenoxy) is 1. The number of carbonyl (C=O) groups is 3. The Bertz CT molecular complexity index is 998. The number of benzene rings is 2. The molecular weight excluding hydrogens is 432 g/mol. The molecule has 1 aliphatic carbocycles. The number of hydrogen-bond donors (Lipinski definition) is 2. The second-order valence-corrected chi connectivity index (χ2v) is 9.98. The van der Waals surface area contributed by atoms with E-state index in [0.717, 1.165) is 22.3 Å². The van der Waals surface area contributed by atoms with E-state index in [-0.39, 0.29) is 36.8 Å². The number of carboxylic acids is 1. The minimum absolute atomic E-state index is 0.0179. The molecule has 0 aromatic heterocycles. The average Bonchev–Trinajstić information content (AvgIpc) is 3.09. The van der Waals surface area contributed by atoms with Crippen LogP contribution >= 0.6 is 0 Å². The third-order valence-corrected chi connectivity index (χ3v) is 5.92. The number of fused-ring (bicyclic) bond motifs is 3. The maximum absolute atomic E-state index is 12.8. The van der Waals surface area contributed by atoms with Gasteiger partial charge in [0.1, 0.15) is 13.2 Å². The van der Waals surface area contributed by atoms with Crippen molar-refractivity contribution in [3.05, 3.63) is 59.7 Å². The van der Waals surface area contributed by atoms with Gasteiger partial charge in [-0.05, 0) is 34.1 Å². The van der Waals surface area contributed by atoms with Gasteiger partial charge < -0.3 is 20.1 Å².